The number of hydrogen-bond acceptors (Lipinski definition) is 3. The molecule has 2 aliphatic rings. The summed E-state index contributed by atoms with van der Waals surface area (Å²) in [6.07, 6.45) is 1.32. The predicted molar refractivity (Wildman–Crippen MR) is 84.2 cm³/mol. The van der Waals surface area contributed by atoms with Crippen molar-refractivity contribution in [3.8, 4) is 0 Å². The van der Waals surface area contributed by atoms with Crippen molar-refractivity contribution in [3.05, 3.63) is 66.2 Å². The smallest absolute Gasteiger partial charge is 0.130 e. The Morgan fingerprint density at radius 1 is 0.952 bits per heavy atom. The van der Waals surface area contributed by atoms with E-state index in [-0.39, 0.29) is 6.23 Å². The summed E-state index contributed by atoms with van der Waals surface area (Å²) in [5, 5.41) is 0. The Hall–Kier alpha value is -1.84. The monoisotopic (exact) mass is 280 g/mol. The zero-order valence-corrected chi connectivity index (χ0v) is 12.1. The number of para-hydroxylation sites is 1. The predicted octanol–water partition coefficient (Wildman–Crippen LogP) is 2.73. The Morgan fingerprint density at radius 3 is 2.43 bits per heavy atom. The molecule has 2 aromatic rings. The Bertz CT molecular complexity index is 587. The summed E-state index contributed by atoms with van der Waals surface area (Å²) in [4.78, 5) is 4.90. The zero-order chi connectivity index (χ0) is 14.1. The standard InChI is InChI=1S/C18H20N2O/c1-3-7-15(8-4-1)11-17-13-21-18-12-19(14-20(17)18)16-9-5-2-6-10-16/h1-10,17-18H,11-14H2/t17-,18?/m0/s1. The van der Waals surface area contributed by atoms with Crippen LogP contribution in [0.4, 0.5) is 5.69 Å². The second-order valence-corrected chi connectivity index (χ2v) is 5.85. The van der Waals surface area contributed by atoms with Crippen LogP contribution in [0.15, 0.2) is 60.7 Å². The molecule has 0 bridgehead atoms. The lowest BCUT2D eigenvalue weighted by atomic mass is 10.1. The molecule has 0 saturated carbocycles. The van der Waals surface area contributed by atoms with Gasteiger partial charge < -0.3 is 9.64 Å². The van der Waals surface area contributed by atoms with Gasteiger partial charge in [-0.1, -0.05) is 48.5 Å². The van der Waals surface area contributed by atoms with Crippen molar-refractivity contribution < 1.29 is 4.74 Å². The molecule has 0 aromatic heterocycles. The van der Waals surface area contributed by atoms with Crippen molar-refractivity contribution in [1.29, 1.82) is 0 Å². The lowest BCUT2D eigenvalue weighted by molar-refractivity contribution is 0.0688. The highest BCUT2D eigenvalue weighted by Gasteiger charge is 2.41. The second kappa shape index (κ2) is 5.51. The van der Waals surface area contributed by atoms with Crippen LogP contribution in [-0.2, 0) is 11.2 Å². The fourth-order valence-electron chi connectivity index (χ4n) is 3.34. The van der Waals surface area contributed by atoms with Crippen molar-refractivity contribution in [2.45, 2.75) is 18.7 Å². The molecule has 2 heterocycles. The van der Waals surface area contributed by atoms with Crippen molar-refractivity contribution in [2.24, 2.45) is 0 Å². The van der Waals surface area contributed by atoms with E-state index in [2.05, 4.69) is 70.5 Å². The van der Waals surface area contributed by atoms with Gasteiger partial charge in [-0.15, -0.1) is 0 Å². The number of anilines is 1. The molecule has 0 aliphatic carbocycles. The molecule has 21 heavy (non-hydrogen) atoms. The molecule has 2 atom stereocenters. The van der Waals surface area contributed by atoms with Crippen LogP contribution >= 0.6 is 0 Å². The Morgan fingerprint density at radius 2 is 1.67 bits per heavy atom. The third kappa shape index (κ3) is 2.55. The lowest BCUT2D eigenvalue weighted by Crippen LogP contribution is -2.36. The first-order valence-electron chi connectivity index (χ1n) is 7.61. The van der Waals surface area contributed by atoms with Gasteiger partial charge in [0.1, 0.15) is 6.23 Å². The SMILES string of the molecule is c1ccc(C[C@H]2COC3CN(c4ccccc4)CN32)cc1. The number of ether oxygens (including phenoxy) is 1. The third-order valence-electron chi connectivity index (χ3n) is 4.47. The summed E-state index contributed by atoms with van der Waals surface area (Å²) in [7, 11) is 0. The average molecular weight is 280 g/mol. The molecule has 108 valence electrons. The van der Waals surface area contributed by atoms with Gasteiger partial charge in [0.25, 0.3) is 0 Å². The molecule has 2 fully saturated rings. The molecule has 4 rings (SSSR count). The Kier molecular flexibility index (Phi) is 3.37. The summed E-state index contributed by atoms with van der Waals surface area (Å²) in [6.45, 7) is 2.78. The van der Waals surface area contributed by atoms with Crippen molar-refractivity contribution in [3.63, 3.8) is 0 Å². The summed E-state index contributed by atoms with van der Waals surface area (Å²) in [6, 6.07) is 21.8. The Labute approximate surface area is 125 Å². The van der Waals surface area contributed by atoms with Crippen molar-refractivity contribution >= 4 is 5.69 Å². The molecule has 2 saturated heterocycles. The van der Waals surface area contributed by atoms with E-state index in [0.29, 0.717) is 6.04 Å². The fraction of sp³-hybridized carbons (Fsp3) is 0.333. The molecule has 0 radical (unpaired) electrons. The highest BCUT2D eigenvalue weighted by Crippen LogP contribution is 2.29. The quantitative estimate of drug-likeness (QED) is 0.860. The number of benzene rings is 2. The van der Waals surface area contributed by atoms with Crippen LogP contribution in [0.2, 0.25) is 0 Å². The van der Waals surface area contributed by atoms with E-state index in [9.17, 15) is 0 Å². The Balaban J connectivity index is 1.46. The van der Waals surface area contributed by atoms with Crippen LogP contribution in [0.3, 0.4) is 0 Å². The van der Waals surface area contributed by atoms with Gasteiger partial charge in [-0.3, -0.25) is 4.90 Å². The van der Waals surface area contributed by atoms with E-state index in [1.807, 2.05) is 0 Å². The minimum Gasteiger partial charge on any atom is -0.360 e. The van der Waals surface area contributed by atoms with Crippen LogP contribution in [0.5, 0.6) is 0 Å². The molecule has 3 heteroatoms. The average Bonchev–Trinajstić information content (AvgIpc) is 3.11. The van der Waals surface area contributed by atoms with E-state index in [4.69, 9.17) is 4.74 Å². The number of fused-ring (bicyclic) bond motifs is 1. The van der Waals surface area contributed by atoms with E-state index in [1.54, 1.807) is 0 Å². The molecule has 3 nitrogen and oxygen atoms in total. The zero-order valence-electron chi connectivity index (χ0n) is 12.1. The molecular weight excluding hydrogens is 260 g/mol. The van der Waals surface area contributed by atoms with Crippen LogP contribution in [0, 0.1) is 0 Å². The summed E-state index contributed by atoms with van der Waals surface area (Å²) in [5.74, 6) is 0. The first-order valence-corrected chi connectivity index (χ1v) is 7.61. The first-order chi connectivity index (χ1) is 10.4. The van der Waals surface area contributed by atoms with Gasteiger partial charge in [0.15, 0.2) is 0 Å². The molecule has 2 aliphatic heterocycles. The van der Waals surface area contributed by atoms with Gasteiger partial charge in [0.05, 0.1) is 19.8 Å². The highest BCUT2D eigenvalue weighted by atomic mass is 16.5. The molecule has 2 aromatic carbocycles. The number of nitrogens with zero attached hydrogens (tertiary/aromatic N) is 2. The summed E-state index contributed by atoms with van der Waals surface area (Å²) < 4.78 is 6.00. The van der Waals surface area contributed by atoms with E-state index in [0.717, 1.165) is 26.2 Å². The lowest BCUT2D eigenvalue weighted by Gasteiger charge is -2.23. The molecule has 0 spiro atoms. The largest absolute Gasteiger partial charge is 0.360 e. The molecule has 1 unspecified atom stereocenters. The van der Waals surface area contributed by atoms with E-state index in [1.165, 1.54) is 11.3 Å². The first kappa shape index (κ1) is 12.9. The topological polar surface area (TPSA) is 15.7 Å². The van der Waals surface area contributed by atoms with Crippen LogP contribution in [-0.4, -0.2) is 37.0 Å². The van der Waals surface area contributed by atoms with Crippen LogP contribution < -0.4 is 4.90 Å². The third-order valence-corrected chi connectivity index (χ3v) is 4.47. The summed E-state index contributed by atoms with van der Waals surface area (Å²) >= 11 is 0. The molecule has 0 amide bonds. The maximum atomic E-state index is 6.00. The number of rotatable bonds is 3. The number of hydrogen-bond donors (Lipinski definition) is 0. The fourth-order valence-corrected chi connectivity index (χ4v) is 3.34. The summed E-state index contributed by atoms with van der Waals surface area (Å²) in [5.41, 5.74) is 2.68. The van der Waals surface area contributed by atoms with Gasteiger partial charge in [0.2, 0.25) is 0 Å². The van der Waals surface area contributed by atoms with Gasteiger partial charge >= 0.3 is 0 Å². The minimum atomic E-state index is 0.249. The molecule has 0 N–H and O–H groups in total. The maximum absolute atomic E-state index is 6.00. The maximum Gasteiger partial charge on any atom is 0.130 e. The van der Waals surface area contributed by atoms with Gasteiger partial charge in [-0.05, 0) is 24.1 Å². The van der Waals surface area contributed by atoms with Crippen LogP contribution in [0.25, 0.3) is 0 Å². The van der Waals surface area contributed by atoms with Gasteiger partial charge in [-0.2, -0.15) is 0 Å². The van der Waals surface area contributed by atoms with Crippen molar-refractivity contribution in [1.82, 2.24) is 4.90 Å². The molecular formula is C18H20N2O. The van der Waals surface area contributed by atoms with Gasteiger partial charge in [0, 0.05) is 11.7 Å². The van der Waals surface area contributed by atoms with Crippen LogP contribution in [0.1, 0.15) is 5.56 Å². The normalized spacial score (nSPS) is 25.2. The van der Waals surface area contributed by atoms with Gasteiger partial charge in [-0.25, -0.2) is 0 Å². The van der Waals surface area contributed by atoms with E-state index < -0.39 is 0 Å². The minimum absolute atomic E-state index is 0.249. The van der Waals surface area contributed by atoms with E-state index >= 15 is 0 Å². The van der Waals surface area contributed by atoms with Crippen molar-refractivity contribution in [2.75, 3.05) is 24.7 Å². The second-order valence-electron chi connectivity index (χ2n) is 5.85. The highest BCUT2D eigenvalue weighted by molar-refractivity contribution is 5.47.